The lowest BCUT2D eigenvalue weighted by molar-refractivity contribution is 0.169. The summed E-state index contributed by atoms with van der Waals surface area (Å²) in [5.41, 5.74) is 8.58. The van der Waals surface area contributed by atoms with E-state index in [-0.39, 0.29) is 0 Å². The largest absolute Gasteiger partial charge is 0.398 e. The molecule has 3 rings (SSSR count). The minimum Gasteiger partial charge on any atom is -0.398 e. The van der Waals surface area contributed by atoms with E-state index in [2.05, 4.69) is 20.9 Å². The molecule has 2 heterocycles. The van der Waals surface area contributed by atoms with Gasteiger partial charge in [-0.15, -0.1) is 0 Å². The summed E-state index contributed by atoms with van der Waals surface area (Å²) in [6.07, 6.45) is 2.82. The maximum atomic E-state index is 5.97. The predicted octanol–water partition coefficient (Wildman–Crippen LogP) is 2.72. The number of aromatic nitrogens is 1. The second kappa shape index (κ2) is 4.16. The Kier molecular flexibility index (Phi) is 2.64. The molecule has 0 atom stereocenters. The number of benzene rings is 1. The van der Waals surface area contributed by atoms with Crippen LogP contribution in [0.4, 0.5) is 11.4 Å². The number of nitrogen functional groups attached to an aromatic ring is 1. The van der Waals surface area contributed by atoms with Gasteiger partial charge in [0.25, 0.3) is 0 Å². The van der Waals surface area contributed by atoms with E-state index in [4.69, 9.17) is 10.6 Å². The number of nitrogens with zero attached hydrogens (tertiary/aromatic N) is 2. The van der Waals surface area contributed by atoms with Crippen molar-refractivity contribution >= 4 is 38.2 Å². The monoisotopic (exact) mass is 293 g/mol. The molecule has 5 heteroatoms. The van der Waals surface area contributed by atoms with Crippen molar-refractivity contribution in [2.24, 2.45) is 0 Å². The van der Waals surface area contributed by atoms with Crippen LogP contribution in [0, 0.1) is 0 Å². The first kappa shape index (κ1) is 10.8. The Morgan fingerprint density at radius 3 is 3.06 bits per heavy atom. The van der Waals surface area contributed by atoms with Crippen LogP contribution in [0.3, 0.4) is 0 Å². The van der Waals surface area contributed by atoms with Gasteiger partial charge in [0.05, 0.1) is 17.8 Å². The Morgan fingerprint density at radius 1 is 1.41 bits per heavy atom. The van der Waals surface area contributed by atoms with Gasteiger partial charge in [0.2, 0.25) is 0 Å². The molecule has 2 aromatic rings. The van der Waals surface area contributed by atoms with Gasteiger partial charge in [-0.3, -0.25) is 14.9 Å². The van der Waals surface area contributed by atoms with Crippen LogP contribution in [0.15, 0.2) is 28.9 Å². The number of hydrogen-bond donors (Lipinski definition) is 1. The zero-order valence-corrected chi connectivity index (χ0v) is 10.8. The van der Waals surface area contributed by atoms with Crippen LogP contribution in [-0.2, 0) is 4.84 Å². The molecule has 0 unspecified atom stereocenters. The summed E-state index contributed by atoms with van der Waals surface area (Å²) in [6.45, 7) is 1.67. The Labute approximate surface area is 107 Å². The van der Waals surface area contributed by atoms with Crippen molar-refractivity contribution in [3.8, 4) is 0 Å². The van der Waals surface area contributed by atoms with Gasteiger partial charge in [0.1, 0.15) is 0 Å². The first-order valence-corrected chi connectivity index (χ1v) is 6.29. The van der Waals surface area contributed by atoms with E-state index in [0.717, 1.165) is 46.3 Å². The van der Waals surface area contributed by atoms with Crippen LogP contribution in [0.5, 0.6) is 0 Å². The molecule has 0 bridgehead atoms. The molecule has 1 fully saturated rings. The number of anilines is 2. The molecule has 0 amide bonds. The lowest BCUT2D eigenvalue weighted by Gasteiger charge is -2.18. The summed E-state index contributed by atoms with van der Waals surface area (Å²) >= 11 is 3.41. The second-order valence-corrected chi connectivity index (χ2v) is 4.93. The maximum absolute atomic E-state index is 5.97. The standard InChI is InChI=1S/C12H12BrN3O/c13-8-6-9-10(14)2-3-11(12(9)15-7-8)16-4-1-5-17-16/h2-3,6-7H,1,4-5,14H2. The normalized spacial score (nSPS) is 15.7. The Hall–Kier alpha value is -1.33. The van der Waals surface area contributed by atoms with Crippen LogP contribution in [0.1, 0.15) is 6.42 Å². The summed E-state index contributed by atoms with van der Waals surface area (Å²) in [6, 6.07) is 5.84. The third-order valence-corrected chi connectivity index (χ3v) is 3.28. The number of fused-ring (bicyclic) bond motifs is 1. The average molecular weight is 294 g/mol. The van der Waals surface area contributed by atoms with Gasteiger partial charge < -0.3 is 5.73 Å². The van der Waals surface area contributed by atoms with E-state index >= 15 is 0 Å². The molecule has 88 valence electrons. The van der Waals surface area contributed by atoms with Crippen molar-refractivity contribution in [1.82, 2.24) is 4.98 Å². The van der Waals surface area contributed by atoms with Crippen LogP contribution >= 0.6 is 15.9 Å². The summed E-state index contributed by atoms with van der Waals surface area (Å²) < 4.78 is 0.927. The molecule has 0 aliphatic carbocycles. The smallest absolute Gasteiger partial charge is 0.0980 e. The van der Waals surface area contributed by atoms with Crippen molar-refractivity contribution in [2.45, 2.75) is 6.42 Å². The summed E-state index contributed by atoms with van der Waals surface area (Å²) in [7, 11) is 0. The van der Waals surface area contributed by atoms with E-state index in [9.17, 15) is 0 Å². The average Bonchev–Trinajstić information content (AvgIpc) is 2.84. The van der Waals surface area contributed by atoms with Crippen molar-refractivity contribution < 1.29 is 4.84 Å². The second-order valence-electron chi connectivity index (χ2n) is 4.01. The highest BCUT2D eigenvalue weighted by Crippen LogP contribution is 2.32. The Balaban J connectivity index is 2.22. The van der Waals surface area contributed by atoms with Gasteiger partial charge in [-0.05, 0) is 40.5 Å². The van der Waals surface area contributed by atoms with E-state index in [0.29, 0.717) is 0 Å². The van der Waals surface area contributed by atoms with Gasteiger partial charge in [-0.2, -0.15) is 0 Å². The van der Waals surface area contributed by atoms with Gasteiger partial charge in [-0.25, -0.2) is 0 Å². The number of nitrogens with two attached hydrogens (primary N) is 1. The van der Waals surface area contributed by atoms with E-state index in [1.807, 2.05) is 23.3 Å². The fourth-order valence-corrected chi connectivity index (χ4v) is 2.37. The number of rotatable bonds is 1. The summed E-state index contributed by atoms with van der Waals surface area (Å²) in [5, 5.41) is 2.84. The SMILES string of the molecule is Nc1ccc(N2CCCO2)c2ncc(Br)cc12. The lowest BCUT2D eigenvalue weighted by atomic mass is 10.1. The quantitative estimate of drug-likeness (QED) is 0.822. The molecule has 1 saturated heterocycles. The summed E-state index contributed by atoms with van der Waals surface area (Å²) in [4.78, 5) is 10.00. The van der Waals surface area contributed by atoms with Gasteiger partial charge in [0, 0.05) is 28.3 Å². The highest BCUT2D eigenvalue weighted by molar-refractivity contribution is 9.10. The maximum Gasteiger partial charge on any atom is 0.0980 e. The molecule has 0 spiro atoms. The number of hydroxylamine groups is 1. The molecule has 2 N–H and O–H groups in total. The number of halogens is 1. The van der Waals surface area contributed by atoms with Gasteiger partial charge in [-0.1, -0.05) is 0 Å². The zero-order valence-electron chi connectivity index (χ0n) is 9.19. The molecule has 1 aromatic heterocycles. The van der Waals surface area contributed by atoms with Crippen molar-refractivity contribution in [3.05, 3.63) is 28.9 Å². The lowest BCUT2D eigenvalue weighted by Crippen LogP contribution is -2.16. The highest BCUT2D eigenvalue weighted by Gasteiger charge is 2.17. The Bertz CT molecular complexity index is 567. The first-order valence-electron chi connectivity index (χ1n) is 5.50. The molecule has 17 heavy (non-hydrogen) atoms. The zero-order chi connectivity index (χ0) is 11.8. The fourth-order valence-electron chi connectivity index (χ4n) is 2.04. The molecule has 0 radical (unpaired) electrons. The van der Waals surface area contributed by atoms with Crippen molar-refractivity contribution in [3.63, 3.8) is 0 Å². The van der Waals surface area contributed by atoms with Crippen LogP contribution in [0.2, 0.25) is 0 Å². The third kappa shape index (κ3) is 1.85. The van der Waals surface area contributed by atoms with Crippen LogP contribution < -0.4 is 10.8 Å². The third-order valence-electron chi connectivity index (χ3n) is 2.85. The van der Waals surface area contributed by atoms with E-state index in [1.165, 1.54) is 0 Å². The number of hydrogen-bond acceptors (Lipinski definition) is 4. The van der Waals surface area contributed by atoms with Gasteiger partial charge >= 0.3 is 0 Å². The summed E-state index contributed by atoms with van der Waals surface area (Å²) in [5.74, 6) is 0. The van der Waals surface area contributed by atoms with E-state index in [1.54, 1.807) is 6.20 Å². The van der Waals surface area contributed by atoms with Crippen molar-refractivity contribution in [2.75, 3.05) is 23.9 Å². The molecular weight excluding hydrogens is 282 g/mol. The fraction of sp³-hybridized carbons (Fsp3) is 0.250. The minimum atomic E-state index is 0.733. The topological polar surface area (TPSA) is 51.4 Å². The predicted molar refractivity (Wildman–Crippen MR) is 71.8 cm³/mol. The minimum absolute atomic E-state index is 0.733. The van der Waals surface area contributed by atoms with Crippen molar-refractivity contribution in [1.29, 1.82) is 0 Å². The molecule has 1 aliphatic heterocycles. The van der Waals surface area contributed by atoms with Crippen LogP contribution in [0.25, 0.3) is 10.9 Å². The number of pyridine rings is 1. The Morgan fingerprint density at radius 2 is 2.29 bits per heavy atom. The molecule has 1 aromatic carbocycles. The molecular formula is C12H12BrN3O. The highest BCUT2D eigenvalue weighted by atomic mass is 79.9. The van der Waals surface area contributed by atoms with Gasteiger partial charge in [0.15, 0.2) is 0 Å². The molecule has 0 saturated carbocycles. The first-order chi connectivity index (χ1) is 8.25. The van der Waals surface area contributed by atoms with E-state index < -0.39 is 0 Å². The molecule has 1 aliphatic rings. The molecule has 4 nitrogen and oxygen atoms in total. The van der Waals surface area contributed by atoms with Crippen LogP contribution in [-0.4, -0.2) is 18.1 Å².